The van der Waals surface area contributed by atoms with Crippen LogP contribution in [-0.2, 0) is 13.6 Å². The first kappa shape index (κ1) is 84.7. The molecule has 0 aliphatic carbocycles. The summed E-state index contributed by atoms with van der Waals surface area (Å²) in [7, 11) is 2.00. The zero-order valence-electron chi connectivity index (χ0n) is 71.9. The maximum atomic E-state index is 12.9. The summed E-state index contributed by atoms with van der Waals surface area (Å²) in [4.78, 5) is 112. The number of rotatable bonds is 2. The van der Waals surface area contributed by atoms with E-state index in [2.05, 4.69) is 99.9 Å². The molecule has 0 unspecified atom stereocenters. The van der Waals surface area contributed by atoms with Crippen molar-refractivity contribution in [2.75, 3.05) is 11.1 Å². The molecule has 0 saturated carbocycles. The Balaban J connectivity index is 0.0000000918. The molecule has 0 aliphatic heterocycles. The molecular formula is C108H68Br2IN17O8. The fraction of sp³-hybridized carbons (Fsp3) is 0.0370. The summed E-state index contributed by atoms with van der Waals surface area (Å²) in [5.74, 6) is 0. The van der Waals surface area contributed by atoms with Crippen LogP contribution in [0.3, 0.4) is 0 Å². The van der Waals surface area contributed by atoms with Crippen molar-refractivity contribution in [3.05, 3.63) is 424 Å². The lowest BCUT2D eigenvalue weighted by Gasteiger charge is -2.04. The Morgan fingerprint density at radius 1 is 0.301 bits per heavy atom. The standard InChI is InChI=1S/C18H10N2O.C16H12BrN2O.C16H8N4O.C15H10N2O.C15H11N2O.C14H9N3O.C14H8N2O2.BrH.HI/c21-18-14-7-2-1-6-12(14)16-17-13(9-10-19-16)11-5-3-4-8-15(11)20(17)18;17-8-10-18-9-7-12-11-3-1-2-4-13(11)19-15(20)6-5-14(18)16(12)19;21-16-14-12(18-7-8-19-14)13-15-10(5-6-17-13)9-3-1-2-4-11(9)20(15)16;1-9-2-4-13-11(8-9)10-6-7-16-12-3-5-14(18)17(13)15(10)12;1-16-9-8-11-10-4-2-3-5-12(10)17-14(18)7-6-13(16)15(11)17;15-10-7-12(18)17-11-4-2-1-3-8(11)9-5-6-16-13(10)14(9)17;17-13-6-5-12-14-10(7-8-15(12)18)9-3-1-2-4-11(9)16(13)14;;/h1-10H;1-7,9H,8,10H2;1-8H;2-8H,1H3;2-9H,1H3;1-7H,15H2;1-8H;2*1H/q;+1;;;+1;;;;/p-2. The molecule has 25 nitrogen and oxygen atoms in total. The van der Waals surface area contributed by atoms with Crippen molar-refractivity contribution in [3.8, 4) is 0 Å². The van der Waals surface area contributed by atoms with Crippen molar-refractivity contribution >= 4 is 235 Å². The second kappa shape index (κ2) is 33.2. The number of nitrogens with two attached hydrogens (primary N) is 1. The second-order valence-corrected chi connectivity index (χ2v) is 33.8. The van der Waals surface area contributed by atoms with Gasteiger partial charge in [0, 0.05) is 190 Å². The number of benzene rings is 8. The number of nitrogen functional groups attached to an aromatic ring is 1. The molecule has 28 heteroatoms. The first-order valence-electron chi connectivity index (χ1n) is 43.1. The van der Waals surface area contributed by atoms with E-state index >= 15 is 0 Å². The van der Waals surface area contributed by atoms with Crippen molar-refractivity contribution in [1.29, 1.82) is 0 Å². The number of nitrogens with zero attached hydrogens (tertiary/aromatic N) is 16. The largest absolute Gasteiger partial charge is 1.00 e. The lowest BCUT2D eigenvalue weighted by Crippen LogP contribution is -3.00. The van der Waals surface area contributed by atoms with Gasteiger partial charge in [-0.25, -0.2) is 4.98 Å². The summed E-state index contributed by atoms with van der Waals surface area (Å²) in [5.41, 5.74) is 26.6. The number of aromatic nitrogens is 16. The summed E-state index contributed by atoms with van der Waals surface area (Å²) < 4.78 is 17.2. The SMILES string of the molecule is C[n+]1ccc2c3ccccc3n3c(=O)ccc1c23.Cc1ccc2c(c1)c1ccnc3ccc(=O)n2c31.Nc1cc(=O)n2c3ccccc3c3ccnc1c32.O=c1c2ccccc2c2nccc3c4ccccc4n1c32.O=c1c2nccnc2c2nccc3c4ccccc4n1c32.O=c1ccc2c3c(cc[n+]2CCBr)c2ccccc2n13.O=c1ccc2c3c(cc[n+]2[O-])c2ccccc2n13.[Br-].[I-]. The van der Waals surface area contributed by atoms with Gasteiger partial charge in [0.1, 0.15) is 40.1 Å². The number of fused-ring (bicyclic) bond motifs is 25. The lowest BCUT2D eigenvalue weighted by molar-refractivity contribution is -0.666. The van der Waals surface area contributed by atoms with E-state index in [9.17, 15) is 38.8 Å². The first-order valence-corrected chi connectivity index (χ1v) is 44.3. The van der Waals surface area contributed by atoms with Gasteiger partial charge in [-0.3, -0.25) is 89.3 Å². The molecule has 2 N–H and O–H groups in total. The maximum absolute atomic E-state index is 12.9. The number of hydrogen-bond donors (Lipinski definition) is 1. The van der Waals surface area contributed by atoms with Crippen LogP contribution in [0.5, 0.6) is 0 Å². The molecule has 0 radical (unpaired) electrons. The van der Waals surface area contributed by atoms with Gasteiger partial charge >= 0.3 is 0 Å². The van der Waals surface area contributed by atoms with Crippen LogP contribution in [-0.4, -0.2) is 66.0 Å². The zero-order valence-corrected chi connectivity index (χ0v) is 77.2. The monoisotopic (exact) mass is 2020 g/mol. The minimum atomic E-state index is -0.148. The Labute approximate surface area is 799 Å². The van der Waals surface area contributed by atoms with Gasteiger partial charge in [0.2, 0.25) is 16.6 Å². The number of halogens is 3. The Bertz CT molecular complexity index is 10100. The average Bonchev–Trinajstić information content (AvgIpc) is 1.55. The number of aryl methyl sites for hydroxylation is 3. The van der Waals surface area contributed by atoms with Gasteiger partial charge < -0.3 is 51.9 Å². The first-order chi connectivity index (χ1) is 65.6. The van der Waals surface area contributed by atoms with Gasteiger partial charge in [0.05, 0.1) is 82.7 Å². The van der Waals surface area contributed by atoms with Crippen LogP contribution >= 0.6 is 15.9 Å². The quantitative estimate of drug-likeness (QED) is 0.0553. The van der Waals surface area contributed by atoms with Crippen LogP contribution in [0.25, 0.3) is 213 Å². The molecule has 30 rings (SSSR count). The predicted molar refractivity (Wildman–Crippen MR) is 534 cm³/mol. The normalized spacial score (nSPS) is 11.7. The molecule has 0 bridgehead atoms. The minimum absolute atomic E-state index is 0. The van der Waals surface area contributed by atoms with Gasteiger partial charge in [-0.15, -0.1) is 0 Å². The molecule has 22 heterocycles. The Morgan fingerprint density at radius 2 is 0.669 bits per heavy atom. The van der Waals surface area contributed by atoms with Crippen LogP contribution < -0.4 is 99.5 Å². The third-order valence-electron chi connectivity index (χ3n) is 25.7. The van der Waals surface area contributed by atoms with Crippen LogP contribution in [0.15, 0.2) is 374 Å². The highest BCUT2D eigenvalue weighted by atomic mass is 127. The Morgan fingerprint density at radius 3 is 1.21 bits per heavy atom. The van der Waals surface area contributed by atoms with Crippen molar-refractivity contribution in [2.24, 2.45) is 7.05 Å². The minimum Gasteiger partial charge on any atom is -1.00 e. The van der Waals surface area contributed by atoms with Crippen LogP contribution in [0.1, 0.15) is 5.56 Å². The van der Waals surface area contributed by atoms with E-state index in [-0.39, 0.29) is 79.9 Å². The molecular weight excluding hydrogens is 1950 g/mol. The highest BCUT2D eigenvalue weighted by molar-refractivity contribution is 9.09. The van der Waals surface area contributed by atoms with E-state index < -0.39 is 0 Å². The van der Waals surface area contributed by atoms with Gasteiger partial charge in [-0.2, -0.15) is 13.9 Å². The molecule has 0 atom stereocenters. The lowest BCUT2D eigenvalue weighted by atomic mass is 10.1. The molecule has 30 aromatic rings. The smallest absolute Gasteiger partial charge is 0.283 e. The third-order valence-corrected chi connectivity index (χ3v) is 26.1. The number of para-hydroxylation sites is 6. The van der Waals surface area contributed by atoms with E-state index in [1.54, 1.807) is 87.6 Å². The molecule has 136 heavy (non-hydrogen) atoms. The third kappa shape index (κ3) is 12.9. The zero-order chi connectivity index (χ0) is 90.7. The molecule has 0 spiro atoms. The van der Waals surface area contributed by atoms with Crippen LogP contribution in [0.2, 0.25) is 0 Å². The van der Waals surface area contributed by atoms with E-state index in [0.717, 1.165) is 191 Å². The molecule has 8 aromatic carbocycles. The molecule has 22 aromatic heterocycles. The number of anilines is 1. The van der Waals surface area contributed by atoms with E-state index in [1.807, 2.05) is 229 Å². The number of pyridine rings is 14. The highest BCUT2D eigenvalue weighted by Gasteiger charge is 2.26. The van der Waals surface area contributed by atoms with Gasteiger partial charge in [-0.05, 0) is 91.9 Å². The van der Waals surface area contributed by atoms with Crippen molar-refractivity contribution in [2.45, 2.75) is 13.5 Å². The molecule has 654 valence electrons. The number of hydrogen-bond acceptors (Lipinski definition) is 15. The molecule has 0 amide bonds. The molecule has 0 saturated heterocycles. The van der Waals surface area contributed by atoms with Crippen LogP contribution in [0, 0.1) is 12.1 Å². The predicted octanol–water partition coefficient (Wildman–Crippen LogP) is 11.0. The van der Waals surface area contributed by atoms with E-state index in [1.165, 1.54) is 30.1 Å². The molecule has 0 fully saturated rings. The van der Waals surface area contributed by atoms with Crippen molar-refractivity contribution < 1.29 is 54.8 Å². The van der Waals surface area contributed by atoms with Gasteiger partial charge in [-0.1, -0.05) is 155 Å². The Kier molecular flexibility index (Phi) is 20.7. The Hall–Kier alpha value is -16.8. The maximum Gasteiger partial charge on any atom is 0.283 e. The van der Waals surface area contributed by atoms with E-state index in [4.69, 9.17) is 5.73 Å². The van der Waals surface area contributed by atoms with Crippen LogP contribution in [0.4, 0.5) is 5.69 Å². The summed E-state index contributed by atoms with van der Waals surface area (Å²) >= 11 is 3.48. The van der Waals surface area contributed by atoms with Gasteiger partial charge in [0.25, 0.3) is 38.9 Å². The van der Waals surface area contributed by atoms with Crippen molar-refractivity contribution in [3.63, 3.8) is 0 Å². The fourth-order valence-corrected chi connectivity index (χ4v) is 20.4. The highest BCUT2D eigenvalue weighted by Crippen LogP contribution is 2.39. The second-order valence-electron chi connectivity index (χ2n) is 33.0. The van der Waals surface area contributed by atoms with E-state index in [0.29, 0.717) is 44.2 Å². The topological polar surface area (TPSA) is 288 Å². The van der Waals surface area contributed by atoms with Gasteiger partial charge in [0.15, 0.2) is 30.7 Å². The summed E-state index contributed by atoms with van der Waals surface area (Å²) in [6.07, 6.45) is 15.8. The fourth-order valence-electron chi connectivity index (χ4n) is 20.1. The average molecular weight is 2020 g/mol. The number of alkyl halides is 1. The summed E-state index contributed by atoms with van der Waals surface area (Å²) in [6.45, 7) is 2.94. The summed E-state index contributed by atoms with van der Waals surface area (Å²) in [6, 6.07) is 90.0. The molecule has 0 aliphatic rings. The summed E-state index contributed by atoms with van der Waals surface area (Å²) in [5, 5.41) is 29.3. The van der Waals surface area contributed by atoms with Crippen molar-refractivity contribution in [1.82, 2.24) is 60.7 Å².